The van der Waals surface area contributed by atoms with Crippen LogP contribution in [0.4, 0.5) is 0 Å². The summed E-state index contributed by atoms with van der Waals surface area (Å²) in [7, 11) is 0. The second-order valence-electron chi connectivity index (χ2n) is 8.10. The molecule has 0 spiro atoms. The molecule has 2 aromatic carbocycles. The highest BCUT2D eigenvalue weighted by atomic mass is 16.5. The van der Waals surface area contributed by atoms with Crippen LogP contribution in [0.1, 0.15) is 50.0 Å². The van der Waals surface area contributed by atoms with Gasteiger partial charge in [-0.25, -0.2) is 4.98 Å². The van der Waals surface area contributed by atoms with Crippen molar-refractivity contribution in [3.05, 3.63) is 96.1 Å². The van der Waals surface area contributed by atoms with Crippen LogP contribution in [0.2, 0.25) is 0 Å². The molecule has 3 nitrogen and oxygen atoms in total. The molecule has 0 saturated carbocycles. The predicted molar refractivity (Wildman–Crippen MR) is 116 cm³/mol. The number of benzene rings is 2. The first-order valence-electron chi connectivity index (χ1n) is 9.92. The Bertz CT molecular complexity index is 844. The minimum absolute atomic E-state index is 0.0526. The fourth-order valence-corrected chi connectivity index (χ4v) is 3.15. The highest BCUT2D eigenvalue weighted by Crippen LogP contribution is 2.27. The molecule has 0 bridgehead atoms. The van der Waals surface area contributed by atoms with Crippen LogP contribution >= 0.6 is 0 Å². The zero-order chi connectivity index (χ0) is 19.8. The molecule has 0 N–H and O–H groups in total. The van der Waals surface area contributed by atoms with Crippen LogP contribution in [0.25, 0.3) is 6.08 Å². The van der Waals surface area contributed by atoms with E-state index in [1.807, 2.05) is 36.9 Å². The number of aryl methyl sites for hydroxylation is 1. The lowest BCUT2D eigenvalue weighted by Crippen LogP contribution is -2.12. The number of hydrogen-bond donors (Lipinski definition) is 0. The third-order valence-corrected chi connectivity index (χ3v) is 4.86. The van der Waals surface area contributed by atoms with Crippen LogP contribution in [0, 0.1) is 0 Å². The van der Waals surface area contributed by atoms with Crippen LogP contribution in [0.15, 0.2) is 79.4 Å². The van der Waals surface area contributed by atoms with Crippen molar-refractivity contribution >= 4 is 6.08 Å². The van der Waals surface area contributed by atoms with Crippen LogP contribution in [-0.4, -0.2) is 16.2 Å². The molecule has 3 aromatic rings. The van der Waals surface area contributed by atoms with Gasteiger partial charge < -0.3 is 9.30 Å². The summed E-state index contributed by atoms with van der Waals surface area (Å²) >= 11 is 0. The Labute approximate surface area is 168 Å². The van der Waals surface area contributed by atoms with Crippen molar-refractivity contribution in [2.24, 2.45) is 0 Å². The number of imidazole rings is 1. The molecule has 3 heteroatoms. The lowest BCUT2D eigenvalue weighted by molar-refractivity contribution is 0.0642. The Kier molecular flexibility index (Phi) is 6.83. The van der Waals surface area contributed by atoms with E-state index < -0.39 is 0 Å². The Morgan fingerprint density at radius 3 is 2.43 bits per heavy atom. The molecule has 146 valence electrons. The summed E-state index contributed by atoms with van der Waals surface area (Å²) in [5.41, 5.74) is 3.91. The number of ether oxygens (including phenoxy) is 1. The highest BCUT2D eigenvalue weighted by molar-refractivity contribution is 5.48. The summed E-state index contributed by atoms with van der Waals surface area (Å²) in [6.45, 7) is 8.19. The van der Waals surface area contributed by atoms with E-state index in [0.717, 1.165) is 13.0 Å². The summed E-state index contributed by atoms with van der Waals surface area (Å²) in [6, 6.07) is 19.2. The maximum Gasteiger partial charge on any atom is 0.0945 e. The summed E-state index contributed by atoms with van der Waals surface area (Å²) in [5.74, 6) is 0. The van der Waals surface area contributed by atoms with E-state index >= 15 is 0 Å². The molecule has 1 atom stereocenters. The molecule has 0 aliphatic carbocycles. The van der Waals surface area contributed by atoms with Crippen LogP contribution < -0.4 is 0 Å². The van der Waals surface area contributed by atoms with E-state index in [9.17, 15) is 0 Å². The second kappa shape index (κ2) is 9.52. The van der Waals surface area contributed by atoms with Gasteiger partial charge in [-0.1, -0.05) is 87.5 Å². The molecule has 1 unspecified atom stereocenters. The van der Waals surface area contributed by atoms with Crippen molar-refractivity contribution in [1.82, 2.24) is 9.55 Å². The average molecular weight is 375 g/mol. The van der Waals surface area contributed by atoms with Gasteiger partial charge in [0.25, 0.3) is 0 Å². The van der Waals surface area contributed by atoms with Crippen molar-refractivity contribution < 1.29 is 4.74 Å². The second-order valence-corrected chi connectivity index (χ2v) is 8.10. The molecule has 28 heavy (non-hydrogen) atoms. The molecular formula is C25H30N2O. The first kappa shape index (κ1) is 20.1. The lowest BCUT2D eigenvalue weighted by atomic mass is 9.86. The quantitative estimate of drug-likeness (QED) is 0.480. The summed E-state index contributed by atoms with van der Waals surface area (Å²) in [6.07, 6.45) is 10.8. The van der Waals surface area contributed by atoms with Gasteiger partial charge in [0.15, 0.2) is 0 Å². The summed E-state index contributed by atoms with van der Waals surface area (Å²) in [4.78, 5) is 4.13. The van der Waals surface area contributed by atoms with E-state index in [-0.39, 0.29) is 11.5 Å². The van der Waals surface area contributed by atoms with Gasteiger partial charge in [0, 0.05) is 18.9 Å². The maximum atomic E-state index is 6.25. The van der Waals surface area contributed by atoms with E-state index in [2.05, 4.69) is 78.9 Å². The summed E-state index contributed by atoms with van der Waals surface area (Å²) in [5, 5.41) is 0. The van der Waals surface area contributed by atoms with Crippen LogP contribution in [-0.2, 0) is 16.7 Å². The molecular weight excluding hydrogens is 344 g/mol. The fourth-order valence-electron chi connectivity index (χ4n) is 3.15. The minimum Gasteiger partial charge on any atom is -0.369 e. The molecule has 0 fully saturated rings. The standard InChI is InChI=1S/C25H30N2O/c1-25(2,3)23-13-11-22(12-14-23)24(15-17-27-18-16-26-20-27)28-19-7-10-21-8-5-4-6-9-21/h4-14,16,18,20,24H,15,17,19H2,1-3H3/b10-7+. The molecule has 1 aromatic heterocycles. The number of rotatable bonds is 8. The van der Waals surface area contributed by atoms with E-state index in [4.69, 9.17) is 4.74 Å². The largest absolute Gasteiger partial charge is 0.369 e. The number of nitrogens with zero attached hydrogens (tertiary/aromatic N) is 2. The number of aromatic nitrogens is 2. The van der Waals surface area contributed by atoms with E-state index in [1.165, 1.54) is 16.7 Å². The predicted octanol–water partition coefficient (Wildman–Crippen LogP) is 6.04. The van der Waals surface area contributed by atoms with Crippen molar-refractivity contribution in [2.45, 2.75) is 45.3 Å². The normalized spacial score (nSPS) is 13.1. The smallest absolute Gasteiger partial charge is 0.0945 e. The monoisotopic (exact) mass is 374 g/mol. The topological polar surface area (TPSA) is 27.1 Å². The van der Waals surface area contributed by atoms with Gasteiger partial charge in [-0.15, -0.1) is 0 Å². The maximum absolute atomic E-state index is 6.25. The van der Waals surface area contributed by atoms with Gasteiger partial charge in [-0.05, 0) is 28.5 Å². The molecule has 0 aliphatic heterocycles. The van der Waals surface area contributed by atoms with Gasteiger partial charge in [0.1, 0.15) is 0 Å². The first-order chi connectivity index (χ1) is 13.5. The molecule has 0 aliphatic rings. The SMILES string of the molecule is CC(C)(C)c1ccc(C(CCn2ccnc2)OC/C=C/c2ccccc2)cc1. The van der Waals surface area contributed by atoms with Crippen molar-refractivity contribution in [2.75, 3.05) is 6.61 Å². The molecule has 0 amide bonds. The molecule has 1 heterocycles. The Morgan fingerprint density at radius 2 is 1.79 bits per heavy atom. The highest BCUT2D eigenvalue weighted by Gasteiger charge is 2.16. The number of hydrogen-bond acceptors (Lipinski definition) is 2. The van der Waals surface area contributed by atoms with Crippen LogP contribution in [0.3, 0.4) is 0 Å². The van der Waals surface area contributed by atoms with Gasteiger partial charge in [0.05, 0.1) is 19.0 Å². The van der Waals surface area contributed by atoms with Gasteiger partial charge in [0.2, 0.25) is 0 Å². The fraction of sp³-hybridized carbons (Fsp3) is 0.320. The molecule has 3 rings (SSSR count). The Hall–Kier alpha value is -2.65. The van der Waals surface area contributed by atoms with Crippen LogP contribution in [0.5, 0.6) is 0 Å². The zero-order valence-corrected chi connectivity index (χ0v) is 17.1. The molecule has 0 radical (unpaired) electrons. The van der Waals surface area contributed by atoms with Gasteiger partial charge in [-0.3, -0.25) is 0 Å². The molecule has 0 saturated heterocycles. The van der Waals surface area contributed by atoms with Gasteiger partial charge >= 0.3 is 0 Å². The van der Waals surface area contributed by atoms with Crippen molar-refractivity contribution in [1.29, 1.82) is 0 Å². The van der Waals surface area contributed by atoms with Crippen molar-refractivity contribution in [3.8, 4) is 0 Å². The minimum atomic E-state index is 0.0526. The third-order valence-electron chi connectivity index (χ3n) is 4.86. The Balaban J connectivity index is 1.66. The van der Waals surface area contributed by atoms with E-state index in [0.29, 0.717) is 6.61 Å². The first-order valence-corrected chi connectivity index (χ1v) is 9.92. The summed E-state index contributed by atoms with van der Waals surface area (Å²) < 4.78 is 8.35. The average Bonchev–Trinajstić information content (AvgIpc) is 3.21. The van der Waals surface area contributed by atoms with Gasteiger partial charge in [-0.2, -0.15) is 0 Å². The third kappa shape index (κ3) is 5.93. The van der Waals surface area contributed by atoms with E-state index in [1.54, 1.807) is 0 Å². The Morgan fingerprint density at radius 1 is 1.04 bits per heavy atom. The zero-order valence-electron chi connectivity index (χ0n) is 17.1. The van der Waals surface area contributed by atoms with Crippen molar-refractivity contribution in [3.63, 3.8) is 0 Å². The lowest BCUT2D eigenvalue weighted by Gasteiger charge is -2.22.